The van der Waals surface area contributed by atoms with Crippen molar-refractivity contribution in [3.8, 4) is 6.07 Å². The van der Waals surface area contributed by atoms with Crippen LogP contribution < -0.4 is 10.6 Å². The fraction of sp³-hybridized carbons (Fsp3) is 0.538. The summed E-state index contributed by atoms with van der Waals surface area (Å²) in [5, 5.41) is 18.0. The van der Waals surface area contributed by atoms with Gasteiger partial charge in [0, 0.05) is 32.4 Å². The molecule has 102 valence electrons. The van der Waals surface area contributed by atoms with Crippen LogP contribution in [0.25, 0.3) is 0 Å². The quantitative estimate of drug-likeness (QED) is 0.798. The number of nitriles is 1. The highest BCUT2D eigenvalue weighted by atomic mass is 16.3. The zero-order valence-corrected chi connectivity index (χ0v) is 10.9. The van der Waals surface area contributed by atoms with Crippen LogP contribution in [0.5, 0.6) is 0 Å². The number of aliphatic hydroxyl groups excluding tert-OH is 1. The third kappa shape index (κ3) is 3.13. The standard InChI is InChI=1S/C13H19N5O/c14-10-11-2-3-16-13(12(11)15)18-5-1-4-17(6-7-18)8-9-19/h2-3,19H,1,4-9,15H2. The van der Waals surface area contributed by atoms with E-state index < -0.39 is 0 Å². The normalized spacial score (nSPS) is 16.9. The smallest absolute Gasteiger partial charge is 0.153 e. The van der Waals surface area contributed by atoms with E-state index in [4.69, 9.17) is 16.1 Å². The van der Waals surface area contributed by atoms with Gasteiger partial charge >= 0.3 is 0 Å². The van der Waals surface area contributed by atoms with E-state index >= 15 is 0 Å². The lowest BCUT2D eigenvalue weighted by Gasteiger charge is -2.23. The summed E-state index contributed by atoms with van der Waals surface area (Å²) in [6.07, 6.45) is 2.62. The van der Waals surface area contributed by atoms with Crippen LogP contribution in [0.2, 0.25) is 0 Å². The molecule has 0 radical (unpaired) electrons. The number of nitrogens with zero attached hydrogens (tertiary/aromatic N) is 4. The van der Waals surface area contributed by atoms with Crippen molar-refractivity contribution >= 4 is 11.5 Å². The number of nitrogens with two attached hydrogens (primary N) is 1. The Labute approximate surface area is 113 Å². The summed E-state index contributed by atoms with van der Waals surface area (Å²) in [6, 6.07) is 3.72. The van der Waals surface area contributed by atoms with Crippen molar-refractivity contribution in [2.75, 3.05) is 50.0 Å². The number of pyridine rings is 1. The van der Waals surface area contributed by atoms with Gasteiger partial charge in [0.05, 0.1) is 17.9 Å². The zero-order chi connectivity index (χ0) is 13.7. The number of anilines is 2. The summed E-state index contributed by atoms with van der Waals surface area (Å²) in [5.41, 5.74) is 6.92. The maximum atomic E-state index is 9.00. The molecule has 0 amide bonds. The topological polar surface area (TPSA) is 89.4 Å². The minimum atomic E-state index is 0.185. The van der Waals surface area contributed by atoms with E-state index in [2.05, 4.69) is 20.9 Å². The largest absolute Gasteiger partial charge is 0.395 e. The van der Waals surface area contributed by atoms with Gasteiger partial charge in [-0.2, -0.15) is 5.26 Å². The van der Waals surface area contributed by atoms with Gasteiger partial charge in [-0.15, -0.1) is 0 Å². The summed E-state index contributed by atoms with van der Waals surface area (Å²) >= 11 is 0. The van der Waals surface area contributed by atoms with Crippen LogP contribution in [0.4, 0.5) is 11.5 Å². The molecule has 3 N–H and O–H groups in total. The maximum absolute atomic E-state index is 9.00. The summed E-state index contributed by atoms with van der Waals surface area (Å²) < 4.78 is 0. The summed E-state index contributed by atoms with van der Waals surface area (Å²) in [4.78, 5) is 8.65. The Balaban J connectivity index is 2.12. The molecule has 1 fully saturated rings. The Kier molecular flexibility index (Phi) is 4.55. The van der Waals surface area contributed by atoms with Gasteiger partial charge in [-0.05, 0) is 19.0 Å². The molecular weight excluding hydrogens is 242 g/mol. The number of aromatic nitrogens is 1. The minimum Gasteiger partial charge on any atom is -0.395 e. The second kappa shape index (κ2) is 6.36. The van der Waals surface area contributed by atoms with Crippen LogP contribution >= 0.6 is 0 Å². The summed E-state index contributed by atoms with van der Waals surface area (Å²) in [6.45, 7) is 4.41. The molecule has 1 saturated heterocycles. The fourth-order valence-corrected chi connectivity index (χ4v) is 2.36. The highest BCUT2D eigenvalue weighted by Crippen LogP contribution is 2.24. The van der Waals surface area contributed by atoms with Crippen molar-refractivity contribution in [3.05, 3.63) is 17.8 Å². The number of nitrogen functional groups attached to an aromatic ring is 1. The predicted molar refractivity (Wildman–Crippen MR) is 73.7 cm³/mol. The average Bonchev–Trinajstić information content (AvgIpc) is 2.65. The SMILES string of the molecule is N#Cc1ccnc(N2CCCN(CCO)CC2)c1N. The van der Waals surface area contributed by atoms with Crippen molar-refractivity contribution in [1.29, 1.82) is 5.26 Å². The van der Waals surface area contributed by atoms with Crippen molar-refractivity contribution in [2.24, 2.45) is 0 Å². The Morgan fingerprint density at radius 1 is 1.37 bits per heavy atom. The molecule has 2 rings (SSSR count). The lowest BCUT2D eigenvalue weighted by molar-refractivity contribution is 0.204. The van der Waals surface area contributed by atoms with E-state index in [1.54, 1.807) is 12.3 Å². The Bertz CT molecular complexity index is 471. The minimum absolute atomic E-state index is 0.185. The Hall–Kier alpha value is -1.84. The molecule has 1 aliphatic heterocycles. The molecule has 0 bridgehead atoms. The second-order valence-corrected chi connectivity index (χ2v) is 4.61. The van der Waals surface area contributed by atoms with Crippen LogP contribution in [-0.4, -0.2) is 54.3 Å². The molecule has 1 aliphatic rings. The second-order valence-electron chi connectivity index (χ2n) is 4.61. The molecule has 6 heteroatoms. The molecule has 1 aromatic rings. The molecule has 0 aromatic carbocycles. The van der Waals surface area contributed by atoms with Crippen LogP contribution in [0.1, 0.15) is 12.0 Å². The summed E-state index contributed by atoms with van der Waals surface area (Å²) in [5.74, 6) is 0.699. The van der Waals surface area contributed by atoms with Gasteiger partial charge in [-0.1, -0.05) is 0 Å². The van der Waals surface area contributed by atoms with Gasteiger partial charge in [0.15, 0.2) is 5.82 Å². The third-order valence-electron chi connectivity index (χ3n) is 3.39. The van der Waals surface area contributed by atoms with E-state index in [1.165, 1.54) is 0 Å². The maximum Gasteiger partial charge on any atom is 0.153 e. The van der Waals surface area contributed by atoms with E-state index in [0.29, 0.717) is 23.6 Å². The number of β-amino-alcohol motifs (C(OH)–C–C–N with tert-alkyl or cyclic N) is 1. The lowest BCUT2D eigenvalue weighted by Crippen LogP contribution is -2.33. The van der Waals surface area contributed by atoms with E-state index in [-0.39, 0.29) is 6.61 Å². The zero-order valence-electron chi connectivity index (χ0n) is 10.9. The molecule has 0 saturated carbocycles. The van der Waals surface area contributed by atoms with Gasteiger partial charge in [-0.25, -0.2) is 4.98 Å². The highest BCUT2D eigenvalue weighted by molar-refractivity contribution is 5.70. The Morgan fingerprint density at radius 2 is 2.21 bits per heavy atom. The summed E-state index contributed by atoms with van der Waals surface area (Å²) in [7, 11) is 0. The first-order valence-corrected chi connectivity index (χ1v) is 6.49. The van der Waals surface area contributed by atoms with Crippen molar-refractivity contribution < 1.29 is 5.11 Å². The molecule has 0 aliphatic carbocycles. The number of hydrogen-bond donors (Lipinski definition) is 2. The molecule has 0 spiro atoms. The van der Waals surface area contributed by atoms with E-state index in [9.17, 15) is 0 Å². The van der Waals surface area contributed by atoms with Crippen LogP contribution in [-0.2, 0) is 0 Å². The molecule has 6 nitrogen and oxygen atoms in total. The van der Waals surface area contributed by atoms with Crippen molar-refractivity contribution in [1.82, 2.24) is 9.88 Å². The first-order valence-electron chi connectivity index (χ1n) is 6.49. The molecule has 0 atom stereocenters. The monoisotopic (exact) mass is 261 g/mol. The van der Waals surface area contributed by atoms with Crippen LogP contribution in [0, 0.1) is 11.3 Å². The fourth-order valence-electron chi connectivity index (χ4n) is 2.36. The number of hydrogen-bond acceptors (Lipinski definition) is 6. The van der Waals surface area contributed by atoms with Gasteiger partial charge in [0.1, 0.15) is 6.07 Å². The van der Waals surface area contributed by atoms with Crippen LogP contribution in [0.3, 0.4) is 0 Å². The van der Waals surface area contributed by atoms with Gasteiger partial charge in [0.25, 0.3) is 0 Å². The van der Waals surface area contributed by atoms with Gasteiger partial charge in [-0.3, -0.25) is 4.90 Å². The first-order chi connectivity index (χ1) is 9.26. The van der Waals surface area contributed by atoms with Gasteiger partial charge < -0.3 is 15.7 Å². The predicted octanol–water partition coefficient (Wildman–Crippen LogP) is 0.0399. The van der Waals surface area contributed by atoms with Crippen molar-refractivity contribution in [3.63, 3.8) is 0 Å². The number of rotatable bonds is 3. The molecule has 2 heterocycles. The molecule has 0 unspecified atom stereocenters. The molecule has 1 aromatic heterocycles. The molecule has 19 heavy (non-hydrogen) atoms. The van der Waals surface area contributed by atoms with Crippen LogP contribution in [0.15, 0.2) is 12.3 Å². The lowest BCUT2D eigenvalue weighted by atomic mass is 10.2. The first kappa shape index (κ1) is 13.6. The third-order valence-corrected chi connectivity index (χ3v) is 3.39. The molecular formula is C13H19N5O. The van der Waals surface area contributed by atoms with E-state index in [1.807, 2.05) is 0 Å². The van der Waals surface area contributed by atoms with Gasteiger partial charge in [0.2, 0.25) is 0 Å². The Morgan fingerprint density at radius 3 is 2.95 bits per heavy atom. The van der Waals surface area contributed by atoms with Crippen molar-refractivity contribution in [2.45, 2.75) is 6.42 Å². The highest BCUT2D eigenvalue weighted by Gasteiger charge is 2.18. The van der Waals surface area contributed by atoms with E-state index in [0.717, 1.165) is 32.6 Å². The average molecular weight is 261 g/mol. The number of aliphatic hydroxyl groups is 1.